The number of carbonyl (C=O) groups excluding carboxylic acids is 2. The average Bonchev–Trinajstić information content (AvgIpc) is 2.56. The number of benzene rings is 1. The molecule has 0 saturated heterocycles. The van der Waals surface area contributed by atoms with Crippen LogP contribution in [0.25, 0.3) is 0 Å². The van der Waals surface area contributed by atoms with E-state index in [0.29, 0.717) is 10.8 Å². The molecule has 1 saturated carbocycles. The molecule has 1 amide bonds. The van der Waals surface area contributed by atoms with Gasteiger partial charge in [0.25, 0.3) is 5.91 Å². The van der Waals surface area contributed by atoms with Crippen LogP contribution in [0.4, 0.5) is 0 Å². The van der Waals surface area contributed by atoms with Crippen LogP contribution in [-0.4, -0.2) is 30.3 Å². The zero-order valence-corrected chi connectivity index (χ0v) is 14.6. The molecule has 0 aromatic heterocycles. The lowest BCUT2D eigenvalue weighted by Gasteiger charge is -2.22. The van der Waals surface area contributed by atoms with Crippen molar-refractivity contribution >= 4 is 35.2 Å². The molecular formula is C17H22ClNO3S. The third-order valence-corrected chi connectivity index (χ3v) is 4.97. The molecule has 0 aliphatic heterocycles. The van der Waals surface area contributed by atoms with E-state index < -0.39 is 0 Å². The third kappa shape index (κ3) is 7.27. The summed E-state index contributed by atoms with van der Waals surface area (Å²) in [6.45, 7) is -0.184. The zero-order valence-electron chi connectivity index (χ0n) is 13.1. The number of hydrogen-bond donors (Lipinski definition) is 1. The molecule has 1 aliphatic rings. The highest BCUT2D eigenvalue weighted by Crippen LogP contribution is 2.17. The van der Waals surface area contributed by atoms with Gasteiger partial charge in [-0.25, -0.2) is 0 Å². The quantitative estimate of drug-likeness (QED) is 0.760. The van der Waals surface area contributed by atoms with Crippen LogP contribution in [0.3, 0.4) is 0 Å². The first-order chi connectivity index (χ1) is 11.1. The molecule has 1 aromatic rings. The standard InChI is InChI=1S/C17H22ClNO3S/c18-14-8-6-13(7-9-14)11-23-12-17(21)22-10-16(20)19-15-4-2-1-3-5-15/h6-9,15H,1-5,10-12H2,(H,19,20). The molecule has 1 aromatic carbocycles. The van der Waals surface area contributed by atoms with Crippen molar-refractivity contribution in [3.05, 3.63) is 34.9 Å². The summed E-state index contributed by atoms with van der Waals surface area (Å²) < 4.78 is 5.01. The van der Waals surface area contributed by atoms with Gasteiger partial charge in [-0.05, 0) is 30.5 Å². The van der Waals surface area contributed by atoms with Crippen molar-refractivity contribution in [2.24, 2.45) is 0 Å². The fraction of sp³-hybridized carbons (Fsp3) is 0.529. The number of carbonyl (C=O) groups is 2. The number of rotatable bonds is 7. The van der Waals surface area contributed by atoms with Crippen molar-refractivity contribution in [3.63, 3.8) is 0 Å². The molecule has 23 heavy (non-hydrogen) atoms. The van der Waals surface area contributed by atoms with Crippen LogP contribution in [-0.2, 0) is 20.1 Å². The molecule has 1 aliphatic carbocycles. The second-order valence-electron chi connectivity index (χ2n) is 5.68. The van der Waals surface area contributed by atoms with Gasteiger partial charge in [0.1, 0.15) is 0 Å². The van der Waals surface area contributed by atoms with E-state index in [9.17, 15) is 9.59 Å². The lowest BCUT2D eigenvalue weighted by Crippen LogP contribution is -2.38. The Bertz CT molecular complexity index is 515. The maximum Gasteiger partial charge on any atom is 0.316 e. The number of halogens is 1. The Labute approximate surface area is 146 Å². The largest absolute Gasteiger partial charge is 0.455 e. The van der Waals surface area contributed by atoms with E-state index in [4.69, 9.17) is 16.3 Å². The van der Waals surface area contributed by atoms with Crippen LogP contribution < -0.4 is 5.32 Å². The van der Waals surface area contributed by atoms with E-state index in [-0.39, 0.29) is 30.3 Å². The number of esters is 1. The zero-order chi connectivity index (χ0) is 16.5. The lowest BCUT2D eigenvalue weighted by atomic mass is 9.95. The van der Waals surface area contributed by atoms with E-state index in [1.807, 2.05) is 24.3 Å². The summed E-state index contributed by atoms with van der Waals surface area (Å²) in [6, 6.07) is 7.75. The molecular weight excluding hydrogens is 334 g/mol. The Morgan fingerprint density at radius 1 is 1.17 bits per heavy atom. The third-order valence-electron chi connectivity index (χ3n) is 3.74. The minimum atomic E-state index is -0.359. The molecule has 0 spiro atoms. The molecule has 0 heterocycles. The molecule has 0 atom stereocenters. The fourth-order valence-corrected chi connectivity index (χ4v) is 3.44. The van der Waals surface area contributed by atoms with Gasteiger partial charge >= 0.3 is 5.97 Å². The maximum atomic E-state index is 11.7. The summed E-state index contributed by atoms with van der Waals surface area (Å²) in [6.07, 6.45) is 5.61. The monoisotopic (exact) mass is 355 g/mol. The predicted molar refractivity (Wildman–Crippen MR) is 93.6 cm³/mol. The second-order valence-corrected chi connectivity index (χ2v) is 7.10. The lowest BCUT2D eigenvalue weighted by molar-refractivity contribution is -0.146. The Kier molecular flexibility index (Phi) is 7.76. The summed E-state index contributed by atoms with van der Waals surface area (Å²) in [5.41, 5.74) is 1.10. The van der Waals surface area contributed by atoms with Gasteiger partial charge in [0.2, 0.25) is 0 Å². The van der Waals surface area contributed by atoms with Crippen LogP contribution in [0.15, 0.2) is 24.3 Å². The minimum absolute atomic E-state index is 0.184. The van der Waals surface area contributed by atoms with Crippen molar-refractivity contribution in [2.45, 2.75) is 43.9 Å². The van der Waals surface area contributed by atoms with Gasteiger partial charge in [0, 0.05) is 16.8 Å². The van der Waals surface area contributed by atoms with E-state index in [0.717, 1.165) is 31.2 Å². The fourth-order valence-electron chi connectivity index (χ4n) is 2.54. The van der Waals surface area contributed by atoms with Crippen LogP contribution in [0.2, 0.25) is 5.02 Å². The van der Waals surface area contributed by atoms with Gasteiger partial charge in [-0.1, -0.05) is 43.0 Å². The van der Waals surface area contributed by atoms with Crippen molar-refractivity contribution in [1.29, 1.82) is 0 Å². The van der Waals surface area contributed by atoms with Gasteiger partial charge in [-0.2, -0.15) is 0 Å². The summed E-state index contributed by atoms with van der Waals surface area (Å²) in [5.74, 6) is 0.385. The van der Waals surface area contributed by atoms with Crippen LogP contribution in [0, 0.1) is 0 Å². The first-order valence-corrected chi connectivity index (χ1v) is 9.44. The van der Waals surface area contributed by atoms with Crippen LogP contribution in [0.1, 0.15) is 37.7 Å². The van der Waals surface area contributed by atoms with Gasteiger partial charge in [-0.3, -0.25) is 9.59 Å². The molecule has 1 N–H and O–H groups in total. The Morgan fingerprint density at radius 3 is 2.57 bits per heavy atom. The van der Waals surface area contributed by atoms with Crippen LogP contribution in [0.5, 0.6) is 0 Å². The molecule has 4 nitrogen and oxygen atoms in total. The Balaban J connectivity index is 1.57. The van der Waals surface area contributed by atoms with Gasteiger partial charge in [0.15, 0.2) is 6.61 Å². The normalized spacial score (nSPS) is 15.2. The highest BCUT2D eigenvalue weighted by Gasteiger charge is 2.16. The molecule has 126 valence electrons. The summed E-state index contributed by atoms with van der Waals surface area (Å²) in [4.78, 5) is 23.4. The average molecular weight is 356 g/mol. The van der Waals surface area contributed by atoms with Crippen molar-refractivity contribution < 1.29 is 14.3 Å². The highest BCUT2D eigenvalue weighted by atomic mass is 35.5. The molecule has 2 rings (SSSR count). The maximum absolute atomic E-state index is 11.7. The minimum Gasteiger partial charge on any atom is -0.455 e. The Morgan fingerprint density at radius 2 is 1.87 bits per heavy atom. The first-order valence-electron chi connectivity index (χ1n) is 7.90. The van der Waals surface area contributed by atoms with Crippen LogP contribution >= 0.6 is 23.4 Å². The van der Waals surface area contributed by atoms with E-state index >= 15 is 0 Å². The summed E-state index contributed by atoms with van der Waals surface area (Å²) in [7, 11) is 0. The van der Waals surface area contributed by atoms with Crippen molar-refractivity contribution in [2.75, 3.05) is 12.4 Å². The smallest absolute Gasteiger partial charge is 0.316 e. The van der Waals surface area contributed by atoms with Crippen molar-refractivity contribution in [3.8, 4) is 0 Å². The molecule has 6 heteroatoms. The van der Waals surface area contributed by atoms with Gasteiger partial charge < -0.3 is 10.1 Å². The molecule has 0 radical (unpaired) electrons. The van der Waals surface area contributed by atoms with E-state index in [1.54, 1.807) is 0 Å². The number of amides is 1. The number of ether oxygens (including phenoxy) is 1. The van der Waals surface area contributed by atoms with Gasteiger partial charge in [0.05, 0.1) is 5.75 Å². The summed E-state index contributed by atoms with van der Waals surface area (Å²) in [5, 5.41) is 3.62. The van der Waals surface area contributed by atoms with E-state index in [2.05, 4.69) is 5.32 Å². The highest BCUT2D eigenvalue weighted by molar-refractivity contribution is 7.99. The SMILES string of the molecule is O=C(COC(=O)CSCc1ccc(Cl)cc1)NC1CCCCC1. The predicted octanol–water partition coefficient (Wildman–Crippen LogP) is 3.57. The topological polar surface area (TPSA) is 55.4 Å². The van der Waals surface area contributed by atoms with Gasteiger partial charge in [-0.15, -0.1) is 11.8 Å². The summed E-state index contributed by atoms with van der Waals surface area (Å²) >= 11 is 7.28. The number of nitrogens with one attached hydrogen (secondary N) is 1. The first kappa shape index (κ1) is 18.1. The molecule has 0 bridgehead atoms. The Hall–Kier alpha value is -1.20. The molecule has 1 fully saturated rings. The van der Waals surface area contributed by atoms with Crippen molar-refractivity contribution in [1.82, 2.24) is 5.32 Å². The number of hydrogen-bond acceptors (Lipinski definition) is 4. The second kappa shape index (κ2) is 9.83. The number of thioether (sulfide) groups is 1. The molecule has 0 unspecified atom stereocenters. The van der Waals surface area contributed by atoms with E-state index in [1.165, 1.54) is 18.2 Å².